The van der Waals surface area contributed by atoms with Gasteiger partial charge >= 0.3 is 0 Å². The van der Waals surface area contributed by atoms with Crippen molar-refractivity contribution in [2.75, 3.05) is 5.75 Å². The maximum Gasteiger partial charge on any atom is 0.209 e. The van der Waals surface area contributed by atoms with Crippen LogP contribution in [-0.4, -0.2) is 30.3 Å². The SMILES string of the molecule is CCn1nnnc1SCC1CC1(Cl)Cl. The van der Waals surface area contributed by atoms with E-state index in [9.17, 15) is 0 Å². The van der Waals surface area contributed by atoms with Crippen LogP contribution in [-0.2, 0) is 6.54 Å². The van der Waals surface area contributed by atoms with Crippen LogP contribution in [0.2, 0.25) is 0 Å². The lowest BCUT2D eigenvalue weighted by Crippen LogP contribution is -2.00. The van der Waals surface area contributed by atoms with Crippen molar-refractivity contribution in [1.82, 2.24) is 20.2 Å². The highest BCUT2D eigenvalue weighted by atomic mass is 35.5. The molecular weight excluding hydrogens is 243 g/mol. The zero-order chi connectivity index (χ0) is 10.2. The summed E-state index contributed by atoms with van der Waals surface area (Å²) < 4.78 is 1.26. The lowest BCUT2D eigenvalue weighted by molar-refractivity contribution is 0.581. The van der Waals surface area contributed by atoms with Crippen molar-refractivity contribution in [2.24, 2.45) is 5.92 Å². The number of hydrogen-bond acceptors (Lipinski definition) is 4. The number of aromatic nitrogens is 4. The van der Waals surface area contributed by atoms with Gasteiger partial charge in [0, 0.05) is 18.2 Å². The van der Waals surface area contributed by atoms with Crippen LogP contribution in [0.15, 0.2) is 5.16 Å². The van der Waals surface area contributed by atoms with Crippen molar-refractivity contribution in [3.8, 4) is 0 Å². The second kappa shape index (κ2) is 3.87. The Kier molecular flexibility index (Phi) is 2.91. The lowest BCUT2D eigenvalue weighted by atomic mass is 10.5. The first-order valence-electron chi connectivity index (χ1n) is 4.40. The van der Waals surface area contributed by atoms with Crippen molar-refractivity contribution < 1.29 is 0 Å². The van der Waals surface area contributed by atoms with Crippen molar-refractivity contribution in [3.05, 3.63) is 0 Å². The van der Waals surface area contributed by atoms with E-state index in [0.717, 1.165) is 23.9 Å². The Morgan fingerprint density at radius 2 is 2.36 bits per heavy atom. The maximum absolute atomic E-state index is 5.91. The van der Waals surface area contributed by atoms with Gasteiger partial charge in [-0.1, -0.05) is 11.8 Å². The summed E-state index contributed by atoms with van der Waals surface area (Å²) in [5, 5.41) is 12.2. The highest BCUT2D eigenvalue weighted by Crippen LogP contribution is 2.54. The first-order valence-corrected chi connectivity index (χ1v) is 6.14. The molecule has 1 unspecified atom stereocenters. The molecule has 0 aromatic carbocycles. The maximum atomic E-state index is 5.91. The number of nitrogens with zero attached hydrogens (tertiary/aromatic N) is 4. The minimum Gasteiger partial charge on any atom is -0.221 e. The van der Waals surface area contributed by atoms with E-state index in [-0.39, 0.29) is 0 Å². The standard InChI is InChI=1S/C7H10Cl2N4S/c1-2-13-6(10-11-12-13)14-4-5-3-7(5,8)9/h5H,2-4H2,1H3. The molecule has 7 heteroatoms. The Morgan fingerprint density at radius 1 is 1.64 bits per heavy atom. The summed E-state index contributed by atoms with van der Waals surface area (Å²) in [6, 6.07) is 0. The van der Waals surface area contributed by atoms with Gasteiger partial charge in [-0.05, 0) is 23.8 Å². The monoisotopic (exact) mass is 252 g/mol. The zero-order valence-electron chi connectivity index (χ0n) is 7.65. The summed E-state index contributed by atoms with van der Waals surface area (Å²) in [7, 11) is 0. The van der Waals surface area contributed by atoms with Gasteiger partial charge in [-0.2, -0.15) is 0 Å². The average molecular weight is 253 g/mol. The number of thioether (sulfide) groups is 1. The zero-order valence-corrected chi connectivity index (χ0v) is 9.98. The third-order valence-corrected chi connectivity index (χ3v) is 4.21. The number of alkyl halides is 2. The molecule has 4 nitrogen and oxygen atoms in total. The molecule has 0 radical (unpaired) electrons. The van der Waals surface area contributed by atoms with Crippen molar-refractivity contribution in [1.29, 1.82) is 0 Å². The molecule has 2 rings (SSSR count). The molecule has 1 aliphatic rings. The molecule has 1 aromatic rings. The van der Waals surface area contributed by atoms with Gasteiger partial charge in [-0.3, -0.25) is 0 Å². The summed E-state index contributed by atoms with van der Waals surface area (Å²) in [6.07, 6.45) is 0.872. The fourth-order valence-corrected chi connectivity index (χ4v) is 3.00. The Bertz CT molecular complexity index is 327. The fourth-order valence-electron chi connectivity index (χ4n) is 1.12. The van der Waals surface area contributed by atoms with Crippen molar-refractivity contribution >= 4 is 35.0 Å². The van der Waals surface area contributed by atoms with Gasteiger partial charge in [0.2, 0.25) is 5.16 Å². The van der Waals surface area contributed by atoms with Crippen LogP contribution in [0.4, 0.5) is 0 Å². The Hall–Kier alpha value is -0.000000000000000111. The van der Waals surface area contributed by atoms with Gasteiger partial charge in [0.15, 0.2) is 0 Å². The predicted octanol–water partition coefficient (Wildman–Crippen LogP) is 1.98. The number of aryl methyl sites for hydroxylation is 1. The fraction of sp³-hybridized carbons (Fsp3) is 0.857. The highest BCUT2D eigenvalue weighted by molar-refractivity contribution is 7.99. The van der Waals surface area contributed by atoms with Gasteiger partial charge in [0.25, 0.3) is 0 Å². The molecule has 0 saturated heterocycles. The Balaban J connectivity index is 1.87. The molecule has 0 bridgehead atoms. The smallest absolute Gasteiger partial charge is 0.209 e. The van der Waals surface area contributed by atoms with E-state index in [2.05, 4.69) is 15.5 Å². The molecule has 78 valence electrons. The van der Waals surface area contributed by atoms with Gasteiger partial charge in [-0.15, -0.1) is 28.3 Å². The number of tetrazole rings is 1. The molecule has 14 heavy (non-hydrogen) atoms. The van der Waals surface area contributed by atoms with Crippen LogP contribution in [0.3, 0.4) is 0 Å². The van der Waals surface area contributed by atoms with E-state index in [4.69, 9.17) is 23.2 Å². The van der Waals surface area contributed by atoms with Crippen molar-refractivity contribution in [3.63, 3.8) is 0 Å². The number of halogens is 2. The number of rotatable bonds is 4. The second-order valence-corrected chi connectivity index (χ2v) is 5.78. The first-order chi connectivity index (χ1) is 6.63. The minimum absolute atomic E-state index is 0.373. The van der Waals surface area contributed by atoms with E-state index in [1.165, 1.54) is 0 Å². The van der Waals surface area contributed by atoms with Crippen LogP contribution in [0.25, 0.3) is 0 Å². The predicted molar refractivity (Wildman–Crippen MR) is 56.8 cm³/mol. The second-order valence-electron chi connectivity index (χ2n) is 3.25. The highest BCUT2D eigenvalue weighted by Gasteiger charge is 2.51. The first kappa shape index (κ1) is 10.5. The molecule has 1 fully saturated rings. The van der Waals surface area contributed by atoms with Crippen LogP contribution >= 0.6 is 35.0 Å². The molecule has 1 aromatic heterocycles. The molecule has 0 amide bonds. The molecule has 0 spiro atoms. The summed E-state index contributed by atoms with van der Waals surface area (Å²) in [5.41, 5.74) is 0. The summed E-state index contributed by atoms with van der Waals surface area (Å²) in [5.74, 6) is 1.26. The van der Waals surface area contributed by atoms with Gasteiger partial charge in [-0.25, -0.2) is 4.68 Å². The average Bonchev–Trinajstić information content (AvgIpc) is 2.62. The lowest BCUT2D eigenvalue weighted by Gasteiger charge is -2.00. The summed E-state index contributed by atoms with van der Waals surface area (Å²) in [6.45, 7) is 2.79. The van der Waals surface area contributed by atoms with Crippen molar-refractivity contribution in [2.45, 2.75) is 29.4 Å². The Morgan fingerprint density at radius 3 is 2.93 bits per heavy atom. The van der Waals surface area contributed by atoms with Crippen LogP contribution in [0.1, 0.15) is 13.3 Å². The molecule has 0 N–H and O–H groups in total. The molecule has 1 atom stereocenters. The summed E-state index contributed by atoms with van der Waals surface area (Å²) in [4.78, 5) is 0. The minimum atomic E-state index is -0.502. The van der Waals surface area contributed by atoms with Crippen LogP contribution < -0.4 is 0 Å². The molecule has 1 saturated carbocycles. The van der Waals surface area contributed by atoms with Crippen LogP contribution in [0, 0.1) is 5.92 Å². The summed E-state index contributed by atoms with van der Waals surface area (Å²) >= 11 is 13.4. The van der Waals surface area contributed by atoms with E-state index in [1.807, 2.05) is 6.92 Å². The Labute approximate surface area is 96.3 Å². The van der Waals surface area contributed by atoms with E-state index in [0.29, 0.717) is 5.92 Å². The van der Waals surface area contributed by atoms with Gasteiger partial charge < -0.3 is 0 Å². The number of hydrogen-bond donors (Lipinski definition) is 0. The largest absolute Gasteiger partial charge is 0.221 e. The molecule has 1 aliphatic carbocycles. The third-order valence-electron chi connectivity index (χ3n) is 2.17. The van der Waals surface area contributed by atoms with Crippen LogP contribution in [0.5, 0.6) is 0 Å². The topological polar surface area (TPSA) is 43.6 Å². The molecular formula is C7H10Cl2N4S. The van der Waals surface area contributed by atoms with Gasteiger partial charge in [0.1, 0.15) is 4.33 Å². The van der Waals surface area contributed by atoms with E-state index >= 15 is 0 Å². The van der Waals surface area contributed by atoms with E-state index in [1.54, 1.807) is 16.4 Å². The third kappa shape index (κ3) is 2.15. The van der Waals surface area contributed by atoms with E-state index < -0.39 is 4.33 Å². The molecule has 0 aliphatic heterocycles. The van der Waals surface area contributed by atoms with Gasteiger partial charge in [0.05, 0.1) is 0 Å². The molecule has 1 heterocycles. The quantitative estimate of drug-likeness (QED) is 0.608. The normalized spacial score (nSPS) is 23.8.